The first kappa shape index (κ1) is 28.2. The Morgan fingerprint density at radius 2 is 1.50 bits per heavy atom. The summed E-state index contributed by atoms with van der Waals surface area (Å²) in [7, 11) is 0. The lowest BCUT2D eigenvalue weighted by atomic mass is 9.74. The molecule has 1 aliphatic carbocycles. The van der Waals surface area contributed by atoms with E-state index in [0.29, 0.717) is 11.5 Å². The molecule has 1 aliphatic rings. The van der Waals surface area contributed by atoms with Crippen molar-refractivity contribution in [3.8, 4) is 22.3 Å². The average Bonchev–Trinajstić information content (AvgIpc) is 2.93. The van der Waals surface area contributed by atoms with Crippen LogP contribution in [0.2, 0.25) is 0 Å². The number of hydrogen-bond donors (Lipinski definition) is 0. The molecule has 1 fully saturated rings. The molecule has 0 aromatic heterocycles. The molecule has 0 radical (unpaired) electrons. The van der Waals surface area contributed by atoms with Crippen LogP contribution < -0.4 is 0 Å². The van der Waals surface area contributed by atoms with Crippen LogP contribution in [-0.4, -0.2) is 0 Å². The van der Waals surface area contributed by atoms with Gasteiger partial charge in [-0.15, -0.1) is 6.58 Å². The number of hydrogen-bond acceptors (Lipinski definition) is 0. The molecule has 4 rings (SSSR count). The average molecular weight is 519 g/mol. The molecule has 0 heterocycles. The summed E-state index contributed by atoms with van der Waals surface area (Å²) in [4.78, 5) is 0. The van der Waals surface area contributed by atoms with Gasteiger partial charge in [-0.05, 0) is 96.1 Å². The van der Waals surface area contributed by atoms with E-state index in [-0.39, 0.29) is 29.3 Å². The molecule has 1 saturated carbocycles. The minimum absolute atomic E-state index is 0.163. The van der Waals surface area contributed by atoms with E-state index in [1.165, 1.54) is 25.7 Å². The number of halogens is 3. The summed E-state index contributed by atoms with van der Waals surface area (Å²) >= 11 is 0. The van der Waals surface area contributed by atoms with Gasteiger partial charge in [0.1, 0.15) is 5.82 Å². The molecule has 0 nitrogen and oxygen atoms in total. The van der Waals surface area contributed by atoms with Crippen molar-refractivity contribution in [2.45, 2.75) is 78.1 Å². The molecule has 0 saturated heterocycles. The standard InChI is InChI=1S/C35H41F3/c1-5-7-29-18-21-32(35(38)34(29)37)28-16-14-27(15-17-28)30-19-20-31(33(36)22-30)25(6-2)13-10-24(4)26-11-8-23(3)9-12-26/h5,14-26H,1,6-13H2,2-4H3. The van der Waals surface area contributed by atoms with Gasteiger partial charge in [-0.3, -0.25) is 0 Å². The Balaban J connectivity index is 1.45. The molecule has 3 aromatic rings. The van der Waals surface area contributed by atoms with E-state index in [0.717, 1.165) is 47.8 Å². The second-order valence-electron chi connectivity index (χ2n) is 11.4. The van der Waals surface area contributed by atoms with Crippen molar-refractivity contribution in [1.82, 2.24) is 0 Å². The molecule has 38 heavy (non-hydrogen) atoms. The molecular formula is C35H41F3. The Morgan fingerprint density at radius 1 is 0.842 bits per heavy atom. The monoisotopic (exact) mass is 518 g/mol. The molecule has 2 unspecified atom stereocenters. The van der Waals surface area contributed by atoms with Gasteiger partial charge in [0.15, 0.2) is 11.6 Å². The third kappa shape index (κ3) is 6.42. The van der Waals surface area contributed by atoms with Gasteiger partial charge in [0, 0.05) is 5.56 Å². The molecule has 3 heteroatoms. The number of rotatable bonds is 10. The first-order valence-electron chi connectivity index (χ1n) is 14.3. The number of benzene rings is 3. The van der Waals surface area contributed by atoms with Crippen molar-refractivity contribution < 1.29 is 13.2 Å². The molecule has 0 bridgehead atoms. The van der Waals surface area contributed by atoms with E-state index in [2.05, 4.69) is 27.4 Å². The van der Waals surface area contributed by atoms with E-state index in [1.54, 1.807) is 36.4 Å². The van der Waals surface area contributed by atoms with Gasteiger partial charge in [-0.25, -0.2) is 13.2 Å². The van der Waals surface area contributed by atoms with Crippen LogP contribution in [0.5, 0.6) is 0 Å². The first-order chi connectivity index (χ1) is 18.3. The van der Waals surface area contributed by atoms with E-state index < -0.39 is 11.6 Å². The van der Waals surface area contributed by atoms with Gasteiger partial charge in [0.25, 0.3) is 0 Å². The fourth-order valence-corrected chi connectivity index (χ4v) is 6.14. The Bertz CT molecular complexity index is 1220. The van der Waals surface area contributed by atoms with Crippen LogP contribution in [0.25, 0.3) is 22.3 Å². The summed E-state index contributed by atoms with van der Waals surface area (Å²) in [5.41, 5.74) is 3.51. The first-order valence-corrected chi connectivity index (χ1v) is 14.3. The number of allylic oxidation sites excluding steroid dienone is 1. The van der Waals surface area contributed by atoms with Crippen LogP contribution in [-0.2, 0) is 6.42 Å². The summed E-state index contributed by atoms with van der Waals surface area (Å²) < 4.78 is 44.4. The second kappa shape index (κ2) is 12.8. The van der Waals surface area contributed by atoms with Gasteiger partial charge in [0.2, 0.25) is 0 Å². The molecule has 3 aromatic carbocycles. The molecule has 0 aliphatic heterocycles. The van der Waals surface area contributed by atoms with Gasteiger partial charge >= 0.3 is 0 Å². The van der Waals surface area contributed by atoms with E-state index in [4.69, 9.17) is 0 Å². The van der Waals surface area contributed by atoms with Gasteiger partial charge in [0.05, 0.1) is 0 Å². The van der Waals surface area contributed by atoms with Crippen LogP contribution >= 0.6 is 0 Å². The Hall–Kier alpha value is -2.81. The third-order valence-electron chi connectivity index (χ3n) is 8.82. The zero-order valence-electron chi connectivity index (χ0n) is 23.1. The summed E-state index contributed by atoms with van der Waals surface area (Å²) in [6, 6.07) is 15.9. The highest BCUT2D eigenvalue weighted by Crippen LogP contribution is 2.38. The molecule has 0 amide bonds. The van der Waals surface area contributed by atoms with Crippen molar-refractivity contribution in [3.05, 3.63) is 95.8 Å². The predicted octanol–water partition coefficient (Wildman–Crippen LogP) is 10.9. The smallest absolute Gasteiger partial charge is 0.166 e. The van der Waals surface area contributed by atoms with Crippen LogP contribution in [0.1, 0.15) is 82.8 Å². The van der Waals surface area contributed by atoms with E-state index >= 15 is 4.39 Å². The van der Waals surface area contributed by atoms with Crippen molar-refractivity contribution in [3.63, 3.8) is 0 Å². The Morgan fingerprint density at radius 3 is 2.13 bits per heavy atom. The van der Waals surface area contributed by atoms with Crippen LogP contribution in [0.15, 0.2) is 67.3 Å². The fourth-order valence-electron chi connectivity index (χ4n) is 6.14. The van der Waals surface area contributed by atoms with Crippen molar-refractivity contribution in [2.75, 3.05) is 0 Å². The largest absolute Gasteiger partial charge is 0.207 e. The lowest BCUT2D eigenvalue weighted by Gasteiger charge is -2.31. The maximum Gasteiger partial charge on any atom is 0.166 e. The summed E-state index contributed by atoms with van der Waals surface area (Å²) in [5.74, 6) is 0.733. The predicted molar refractivity (Wildman–Crippen MR) is 154 cm³/mol. The van der Waals surface area contributed by atoms with Crippen LogP contribution in [0.3, 0.4) is 0 Å². The van der Waals surface area contributed by atoms with E-state index in [1.807, 2.05) is 24.3 Å². The summed E-state index contributed by atoms with van der Waals surface area (Å²) in [5, 5.41) is 0. The minimum atomic E-state index is -0.856. The third-order valence-corrected chi connectivity index (χ3v) is 8.82. The summed E-state index contributed by atoms with van der Waals surface area (Å²) in [6.07, 6.45) is 10.3. The normalized spacial score (nSPS) is 19.2. The highest BCUT2D eigenvalue weighted by atomic mass is 19.2. The van der Waals surface area contributed by atoms with Gasteiger partial charge < -0.3 is 0 Å². The quantitative estimate of drug-likeness (QED) is 0.234. The van der Waals surface area contributed by atoms with Crippen molar-refractivity contribution in [1.29, 1.82) is 0 Å². The highest BCUT2D eigenvalue weighted by Gasteiger charge is 2.24. The van der Waals surface area contributed by atoms with Crippen molar-refractivity contribution >= 4 is 0 Å². The molecule has 202 valence electrons. The van der Waals surface area contributed by atoms with Crippen LogP contribution in [0, 0.1) is 35.2 Å². The Kier molecular flexibility index (Phi) is 9.52. The van der Waals surface area contributed by atoms with E-state index in [9.17, 15) is 8.78 Å². The van der Waals surface area contributed by atoms with Gasteiger partial charge in [-0.1, -0.05) is 88.2 Å². The second-order valence-corrected chi connectivity index (χ2v) is 11.4. The molecule has 0 spiro atoms. The lowest BCUT2D eigenvalue weighted by Crippen LogP contribution is -2.19. The SMILES string of the molecule is C=CCc1ccc(-c2ccc(-c3ccc(C(CC)CCC(C)C4CCC(C)CC4)c(F)c3)cc2)c(F)c1F. The molecular weight excluding hydrogens is 477 g/mol. The zero-order chi connectivity index (χ0) is 27.2. The topological polar surface area (TPSA) is 0 Å². The highest BCUT2D eigenvalue weighted by molar-refractivity contribution is 5.71. The van der Waals surface area contributed by atoms with Crippen LogP contribution in [0.4, 0.5) is 13.2 Å². The lowest BCUT2D eigenvalue weighted by molar-refractivity contribution is 0.210. The molecule has 2 atom stereocenters. The zero-order valence-corrected chi connectivity index (χ0v) is 23.1. The Labute approximate surface area is 227 Å². The van der Waals surface area contributed by atoms with Gasteiger partial charge in [-0.2, -0.15) is 0 Å². The fraction of sp³-hybridized carbons (Fsp3) is 0.429. The minimum Gasteiger partial charge on any atom is -0.207 e. The maximum absolute atomic E-state index is 15.3. The maximum atomic E-state index is 15.3. The van der Waals surface area contributed by atoms with Crippen molar-refractivity contribution in [2.24, 2.45) is 17.8 Å². The molecule has 0 N–H and O–H groups in total. The summed E-state index contributed by atoms with van der Waals surface area (Å²) in [6.45, 7) is 10.5.